The van der Waals surface area contributed by atoms with Crippen LogP contribution in [-0.2, 0) is 4.43 Å². The summed E-state index contributed by atoms with van der Waals surface area (Å²) in [5.74, 6) is 0. The average Bonchev–Trinajstić information content (AvgIpc) is 1.89. The van der Waals surface area contributed by atoms with Crippen LogP contribution in [0, 0.1) is 0 Å². The van der Waals surface area contributed by atoms with Gasteiger partial charge in [0.25, 0.3) is 0 Å². The summed E-state index contributed by atoms with van der Waals surface area (Å²) >= 11 is 0. The second kappa shape index (κ2) is 8.18. The van der Waals surface area contributed by atoms with E-state index in [4.69, 9.17) is 4.43 Å². The van der Waals surface area contributed by atoms with Crippen LogP contribution in [-0.4, -0.2) is 16.9 Å². The molecule has 0 aromatic carbocycles. The van der Waals surface area contributed by atoms with Crippen molar-refractivity contribution in [3.05, 3.63) is 0 Å². The molecule has 0 aliphatic heterocycles. The van der Waals surface area contributed by atoms with Crippen molar-refractivity contribution in [2.45, 2.75) is 38.7 Å². The van der Waals surface area contributed by atoms with E-state index in [1.54, 1.807) is 0 Å². The first-order chi connectivity index (χ1) is 4.41. The molecular weight excluding hydrogens is 128 g/mol. The zero-order chi connectivity index (χ0) is 6.95. The maximum absolute atomic E-state index is 5.06. The summed E-state index contributed by atoms with van der Waals surface area (Å²) in [6, 6.07) is 1.37. The van der Waals surface area contributed by atoms with Crippen LogP contribution in [0.25, 0.3) is 0 Å². The quantitative estimate of drug-likeness (QED) is 0.409. The first kappa shape index (κ1) is 9.18. The van der Waals surface area contributed by atoms with Crippen LogP contribution in [0.1, 0.15) is 32.6 Å². The minimum absolute atomic E-state index is 0.106. The van der Waals surface area contributed by atoms with Crippen LogP contribution in [0.5, 0.6) is 0 Å². The van der Waals surface area contributed by atoms with Gasteiger partial charge in [-0.2, -0.15) is 0 Å². The topological polar surface area (TPSA) is 9.23 Å². The lowest BCUT2D eigenvalue weighted by molar-refractivity contribution is 0.438. The molecular formula is C7H18OSi. The van der Waals surface area contributed by atoms with Crippen molar-refractivity contribution in [1.82, 2.24) is 0 Å². The average molecular weight is 146 g/mol. The van der Waals surface area contributed by atoms with Gasteiger partial charge >= 0.3 is 0 Å². The van der Waals surface area contributed by atoms with Crippen LogP contribution in [0.3, 0.4) is 0 Å². The van der Waals surface area contributed by atoms with Crippen molar-refractivity contribution >= 4 is 9.76 Å². The lowest BCUT2D eigenvalue weighted by Crippen LogP contribution is -1.91. The monoisotopic (exact) mass is 146 g/mol. The first-order valence-corrected chi connectivity index (χ1v) is 5.48. The molecule has 0 amide bonds. The Hall–Kier alpha value is 0.177. The van der Waals surface area contributed by atoms with Crippen LogP contribution >= 0.6 is 0 Å². The van der Waals surface area contributed by atoms with Crippen LogP contribution < -0.4 is 0 Å². The minimum atomic E-state index is -0.106. The second-order valence-corrected chi connectivity index (χ2v) is 4.10. The molecule has 1 nitrogen and oxygen atoms in total. The van der Waals surface area contributed by atoms with E-state index in [2.05, 4.69) is 6.92 Å². The maximum Gasteiger partial charge on any atom is 0.161 e. The summed E-state index contributed by atoms with van der Waals surface area (Å²) in [5.41, 5.74) is 0. The van der Waals surface area contributed by atoms with E-state index in [0.717, 1.165) is 0 Å². The molecule has 0 radical (unpaired) electrons. The van der Waals surface area contributed by atoms with Gasteiger partial charge in [0, 0.05) is 7.11 Å². The highest BCUT2D eigenvalue weighted by Gasteiger charge is 1.87. The van der Waals surface area contributed by atoms with Gasteiger partial charge in [-0.1, -0.05) is 32.6 Å². The highest BCUT2D eigenvalue weighted by atomic mass is 28.2. The molecule has 0 aliphatic rings. The largest absolute Gasteiger partial charge is 0.427 e. The van der Waals surface area contributed by atoms with E-state index in [-0.39, 0.29) is 9.76 Å². The molecule has 0 bridgehead atoms. The molecule has 0 heterocycles. The molecule has 0 saturated carbocycles. The van der Waals surface area contributed by atoms with E-state index >= 15 is 0 Å². The molecule has 0 aromatic rings. The predicted molar refractivity (Wildman–Crippen MR) is 44.5 cm³/mol. The molecule has 0 N–H and O–H groups in total. The summed E-state index contributed by atoms with van der Waals surface area (Å²) in [7, 11) is 1.72. The molecule has 9 heavy (non-hydrogen) atoms. The van der Waals surface area contributed by atoms with Gasteiger partial charge in [-0.15, -0.1) is 0 Å². The van der Waals surface area contributed by atoms with Gasteiger partial charge in [0.05, 0.1) is 0 Å². The Labute approximate surface area is 60.7 Å². The van der Waals surface area contributed by atoms with Gasteiger partial charge < -0.3 is 4.43 Å². The molecule has 0 saturated heterocycles. The second-order valence-electron chi connectivity index (χ2n) is 2.41. The Kier molecular flexibility index (Phi) is 8.34. The maximum atomic E-state index is 5.06. The molecule has 0 aromatic heterocycles. The fourth-order valence-corrected chi connectivity index (χ4v) is 1.70. The molecule has 0 atom stereocenters. The van der Waals surface area contributed by atoms with Crippen LogP contribution in [0.2, 0.25) is 6.04 Å². The Bertz CT molecular complexity index is 42.2. The Balaban J connectivity index is 2.60. The van der Waals surface area contributed by atoms with Gasteiger partial charge in [-0.05, 0) is 6.04 Å². The zero-order valence-electron chi connectivity index (χ0n) is 6.65. The van der Waals surface area contributed by atoms with E-state index in [1.165, 1.54) is 31.7 Å². The first-order valence-electron chi connectivity index (χ1n) is 3.90. The highest BCUT2D eigenvalue weighted by Crippen LogP contribution is 2.01. The number of hydrogen-bond donors (Lipinski definition) is 0. The number of unbranched alkanes of at least 4 members (excludes halogenated alkanes) is 3. The third-order valence-corrected chi connectivity index (χ3v) is 2.65. The van der Waals surface area contributed by atoms with Crippen molar-refractivity contribution in [3.63, 3.8) is 0 Å². The Morgan fingerprint density at radius 2 is 2.00 bits per heavy atom. The number of rotatable bonds is 6. The normalized spacial score (nSPS) is 11.3. The van der Waals surface area contributed by atoms with Crippen LogP contribution in [0.4, 0.5) is 0 Å². The van der Waals surface area contributed by atoms with Gasteiger partial charge in [-0.3, -0.25) is 0 Å². The summed E-state index contributed by atoms with van der Waals surface area (Å²) < 4.78 is 5.06. The van der Waals surface area contributed by atoms with Crippen molar-refractivity contribution in [2.24, 2.45) is 0 Å². The fraction of sp³-hybridized carbons (Fsp3) is 1.00. The van der Waals surface area contributed by atoms with E-state index in [1.807, 2.05) is 7.11 Å². The molecule has 0 aliphatic carbocycles. The van der Waals surface area contributed by atoms with Crippen LogP contribution in [0.15, 0.2) is 0 Å². The lowest BCUT2D eigenvalue weighted by Gasteiger charge is -1.96. The van der Waals surface area contributed by atoms with Crippen molar-refractivity contribution in [1.29, 1.82) is 0 Å². The van der Waals surface area contributed by atoms with Gasteiger partial charge in [0.1, 0.15) is 0 Å². The smallest absolute Gasteiger partial charge is 0.161 e. The molecule has 0 rings (SSSR count). The Morgan fingerprint density at radius 3 is 2.56 bits per heavy atom. The summed E-state index contributed by atoms with van der Waals surface area (Å²) in [6.07, 6.45) is 5.55. The van der Waals surface area contributed by atoms with Gasteiger partial charge in [-0.25, -0.2) is 0 Å². The summed E-state index contributed by atoms with van der Waals surface area (Å²) in [5, 5.41) is 0. The summed E-state index contributed by atoms with van der Waals surface area (Å²) in [4.78, 5) is 0. The minimum Gasteiger partial charge on any atom is -0.427 e. The van der Waals surface area contributed by atoms with Crippen molar-refractivity contribution in [3.8, 4) is 0 Å². The van der Waals surface area contributed by atoms with E-state index in [9.17, 15) is 0 Å². The fourth-order valence-electron chi connectivity index (χ4n) is 0.850. The Morgan fingerprint density at radius 1 is 1.22 bits per heavy atom. The zero-order valence-corrected chi connectivity index (χ0v) is 8.07. The predicted octanol–water partition coefficient (Wildman–Crippen LogP) is 1.72. The van der Waals surface area contributed by atoms with E-state index in [0.29, 0.717) is 0 Å². The van der Waals surface area contributed by atoms with Gasteiger partial charge in [0.15, 0.2) is 9.76 Å². The van der Waals surface area contributed by atoms with Crippen molar-refractivity contribution in [2.75, 3.05) is 7.11 Å². The standard InChI is InChI=1S/C7H18OSi/c1-3-4-5-6-7-9-8-2/h3-7,9H2,1-2H3. The molecule has 56 valence electrons. The number of hydrogen-bond acceptors (Lipinski definition) is 1. The molecule has 0 fully saturated rings. The van der Waals surface area contributed by atoms with E-state index < -0.39 is 0 Å². The third kappa shape index (κ3) is 8.18. The van der Waals surface area contributed by atoms with Crippen molar-refractivity contribution < 1.29 is 4.43 Å². The molecule has 0 spiro atoms. The van der Waals surface area contributed by atoms with Gasteiger partial charge in [0.2, 0.25) is 0 Å². The third-order valence-electron chi connectivity index (χ3n) is 1.45. The highest BCUT2D eigenvalue weighted by molar-refractivity contribution is 6.26. The molecule has 0 unspecified atom stereocenters. The molecule has 2 heteroatoms. The SMILES string of the molecule is CCCCCC[SiH2]OC. The summed E-state index contributed by atoms with van der Waals surface area (Å²) in [6.45, 7) is 2.24. The lowest BCUT2D eigenvalue weighted by atomic mass is 10.2.